The molecule has 0 radical (unpaired) electrons. The van der Waals surface area contributed by atoms with E-state index < -0.39 is 5.95 Å². The van der Waals surface area contributed by atoms with Gasteiger partial charge in [0.05, 0.1) is 17.5 Å². The van der Waals surface area contributed by atoms with Gasteiger partial charge in [-0.1, -0.05) is 11.3 Å². The monoisotopic (exact) mass is 430 g/mol. The Morgan fingerprint density at radius 2 is 2.13 bits per heavy atom. The molecule has 9 heteroatoms. The predicted molar refractivity (Wildman–Crippen MR) is 114 cm³/mol. The highest BCUT2D eigenvalue weighted by molar-refractivity contribution is 7.15. The minimum absolute atomic E-state index is 0.0404. The molecule has 30 heavy (non-hydrogen) atoms. The molecule has 0 spiro atoms. The van der Waals surface area contributed by atoms with E-state index in [9.17, 15) is 9.18 Å². The van der Waals surface area contributed by atoms with Crippen LogP contribution in [0.4, 0.5) is 9.52 Å². The Balaban J connectivity index is 1.42. The van der Waals surface area contributed by atoms with Crippen molar-refractivity contribution < 1.29 is 18.7 Å². The average Bonchev–Trinajstić information content (AvgIpc) is 3.22. The second-order valence-corrected chi connectivity index (χ2v) is 8.46. The molecular weight excluding hydrogens is 407 g/mol. The van der Waals surface area contributed by atoms with Gasteiger partial charge in [-0.15, -0.1) is 0 Å². The van der Waals surface area contributed by atoms with Crippen LogP contribution in [0.5, 0.6) is 11.6 Å². The predicted octanol–water partition coefficient (Wildman–Crippen LogP) is 3.84. The minimum Gasteiger partial charge on any atom is -0.497 e. The highest BCUT2D eigenvalue weighted by Gasteiger charge is 2.32. The summed E-state index contributed by atoms with van der Waals surface area (Å²) in [5.41, 5.74) is 0.812. The third-order valence-electron chi connectivity index (χ3n) is 5.11. The number of halogens is 1. The van der Waals surface area contributed by atoms with Gasteiger partial charge in [-0.2, -0.15) is 9.37 Å². The number of carbonyl (C=O) groups is 1. The molecule has 1 aromatic carbocycles. The number of rotatable bonds is 6. The Kier molecular flexibility index (Phi) is 5.83. The lowest BCUT2D eigenvalue weighted by Gasteiger charge is -2.19. The first kappa shape index (κ1) is 20.5. The van der Waals surface area contributed by atoms with Crippen molar-refractivity contribution in [3.05, 3.63) is 41.2 Å². The topological polar surface area (TPSA) is 76.6 Å². The van der Waals surface area contributed by atoms with E-state index in [1.165, 1.54) is 6.92 Å². The zero-order valence-corrected chi connectivity index (χ0v) is 17.8. The number of carbonyl (C=O) groups excluding carboxylic acids is 1. The first-order valence-corrected chi connectivity index (χ1v) is 10.5. The van der Waals surface area contributed by atoms with E-state index in [1.807, 2.05) is 30.3 Å². The number of hydrogen-bond acceptors (Lipinski definition) is 7. The lowest BCUT2D eigenvalue weighted by Crippen LogP contribution is -2.28. The fourth-order valence-corrected chi connectivity index (χ4v) is 4.53. The first-order chi connectivity index (χ1) is 14.4. The Bertz CT molecular complexity index is 1070. The van der Waals surface area contributed by atoms with Gasteiger partial charge in [0.1, 0.15) is 11.9 Å². The number of nitrogens with zero attached hydrogens (tertiary/aromatic N) is 3. The van der Waals surface area contributed by atoms with E-state index in [2.05, 4.69) is 27.1 Å². The Hall–Kier alpha value is -2.78. The summed E-state index contributed by atoms with van der Waals surface area (Å²) in [6, 6.07) is 9.81. The standard InChI is InChI=1S/C21H23FN4O3S/c1-12-8-16(10-26(12)11-18-20(22)25-21(30-18)23-13(2)27)29-19-7-5-14-4-6-15(28-3)9-17(14)24-19/h4-7,9,12,16H,8,10-11H2,1-3H3,(H,23,25,27)/t12-,16+/m0/s1. The molecule has 1 fully saturated rings. The fourth-order valence-electron chi connectivity index (χ4n) is 3.61. The minimum atomic E-state index is -0.537. The molecule has 0 saturated carbocycles. The molecule has 1 aliphatic rings. The van der Waals surface area contributed by atoms with E-state index >= 15 is 0 Å². The normalized spacial score (nSPS) is 19.2. The third kappa shape index (κ3) is 4.52. The lowest BCUT2D eigenvalue weighted by molar-refractivity contribution is -0.114. The number of benzene rings is 1. The van der Waals surface area contributed by atoms with Gasteiger partial charge in [-0.3, -0.25) is 9.69 Å². The summed E-state index contributed by atoms with van der Waals surface area (Å²) in [6.45, 7) is 4.55. The van der Waals surface area contributed by atoms with Crippen LogP contribution in [0.15, 0.2) is 30.3 Å². The summed E-state index contributed by atoms with van der Waals surface area (Å²) in [5, 5.41) is 3.83. The number of hydrogen-bond donors (Lipinski definition) is 1. The van der Waals surface area contributed by atoms with E-state index in [4.69, 9.17) is 9.47 Å². The molecule has 0 unspecified atom stereocenters. The average molecular weight is 431 g/mol. The first-order valence-electron chi connectivity index (χ1n) is 9.69. The number of ether oxygens (including phenoxy) is 2. The Morgan fingerprint density at radius 3 is 2.90 bits per heavy atom. The summed E-state index contributed by atoms with van der Waals surface area (Å²) in [7, 11) is 1.63. The van der Waals surface area contributed by atoms with Gasteiger partial charge >= 0.3 is 0 Å². The third-order valence-corrected chi connectivity index (χ3v) is 6.04. The second-order valence-electron chi connectivity index (χ2n) is 7.38. The van der Waals surface area contributed by atoms with Crippen molar-refractivity contribution in [1.82, 2.24) is 14.9 Å². The van der Waals surface area contributed by atoms with Crippen LogP contribution < -0.4 is 14.8 Å². The molecule has 158 valence electrons. The molecule has 4 rings (SSSR count). The molecule has 2 atom stereocenters. The van der Waals surface area contributed by atoms with Crippen LogP contribution in [0.3, 0.4) is 0 Å². The number of fused-ring (bicyclic) bond motifs is 1. The SMILES string of the molecule is COc1ccc2ccc(O[C@@H]3C[C@H](C)N(Cc4sc(NC(C)=O)nc4F)C3)nc2c1. The summed E-state index contributed by atoms with van der Waals surface area (Å²) >= 11 is 1.16. The second kappa shape index (κ2) is 8.53. The van der Waals surface area contributed by atoms with Crippen LogP contribution in [0.2, 0.25) is 0 Å². The van der Waals surface area contributed by atoms with Crippen molar-refractivity contribution >= 4 is 33.3 Å². The van der Waals surface area contributed by atoms with E-state index in [1.54, 1.807) is 7.11 Å². The van der Waals surface area contributed by atoms with Crippen LogP contribution in [0, 0.1) is 5.95 Å². The van der Waals surface area contributed by atoms with Crippen LogP contribution in [0.25, 0.3) is 10.9 Å². The molecule has 2 aromatic heterocycles. The zero-order chi connectivity index (χ0) is 21.3. The number of anilines is 1. The van der Waals surface area contributed by atoms with E-state index in [0.29, 0.717) is 23.8 Å². The van der Waals surface area contributed by atoms with E-state index in [0.717, 1.165) is 34.4 Å². The number of pyridine rings is 1. The molecule has 3 aromatic rings. The van der Waals surface area contributed by atoms with Gasteiger partial charge < -0.3 is 14.8 Å². The van der Waals surface area contributed by atoms with Gasteiger partial charge in [0.15, 0.2) is 5.13 Å². The largest absolute Gasteiger partial charge is 0.497 e. The van der Waals surface area contributed by atoms with Crippen molar-refractivity contribution in [3.63, 3.8) is 0 Å². The zero-order valence-electron chi connectivity index (χ0n) is 17.0. The Morgan fingerprint density at radius 1 is 1.33 bits per heavy atom. The fraction of sp³-hybridized carbons (Fsp3) is 0.381. The van der Waals surface area contributed by atoms with Crippen LogP contribution >= 0.6 is 11.3 Å². The van der Waals surface area contributed by atoms with Gasteiger partial charge in [0.25, 0.3) is 0 Å². The number of amides is 1. The van der Waals surface area contributed by atoms with Crippen LogP contribution in [-0.2, 0) is 11.3 Å². The highest BCUT2D eigenvalue weighted by Crippen LogP contribution is 2.29. The number of methoxy groups -OCH3 is 1. The van der Waals surface area contributed by atoms with Crippen molar-refractivity contribution in [2.24, 2.45) is 0 Å². The number of aromatic nitrogens is 2. The summed E-state index contributed by atoms with van der Waals surface area (Å²) in [4.78, 5) is 22.2. The summed E-state index contributed by atoms with van der Waals surface area (Å²) < 4.78 is 25.6. The van der Waals surface area contributed by atoms with Crippen molar-refractivity contribution in [1.29, 1.82) is 0 Å². The molecule has 0 bridgehead atoms. The molecule has 1 amide bonds. The number of nitrogens with one attached hydrogen (secondary N) is 1. The summed E-state index contributed by atoms with van der Waals surface area (Å²) in [6.07, 6.45) is 0.776. The molecule has 7 nitrogen and oxygen atoms in total. The molecule has 0 aliphatic carbocycles. The van der Waals surface area contributed by atoms with Gasteiger partial charge in [-0.05, 0) is 25.1 Å². The van der Waals surface area contributed by atoms with E-state index in [-0.39, 0.29) is 23.2 Å². The molecule has 3 heterocycles. The Labute approximate surface area is 177 Å². The van der Waals surface area contributed by atoms with Gasteiger partial charge in [-0.25, -0.2) is 4.98 Å². The van der Waals surface area contributed by atoms with Crippen molar-refractivity contribution in [2.75, 3.05) is 19.0 Å². The number of thiazole rings is 1. The van der Waals surface area contributed by atoms with Crippen molar-refractivity contribution in [3.8, 4) is 11.6 Å². The van der Waals surface area contributed by atoms with Crippen LogP contribution in [0.1, 0.15) is 25.1 Å². The van der Waals surface area contributed by atoms with Gasteiger partial charge in [0, 0.05) is 50.0 Å². The lowest BCUT2D eigenvalue weighted by atomic mass is 10.2. The summed E-state index contributed by atoms with van der Waals surface area (Å²) in [5.74, 6) is 0.508. The molecular formula is C21H23FN4O3S. The number of likely N-dealkylation sites (tertiary alicyclic amines) is 1. The quantitative estimate of drug-likeness (QED) is 0.640. The van der Waals surface area contributed by atoms with Gasteiger partial charge in [0.2, 0.25) is 17.7 Å². The smallest absolute Gasteiger partial charge is 0.230 e. The molecule has 1 aliphatic heterocycles. The maximum Gasteiger partial charge on any atom is 0.230 e. The molecule has 1 N–H and O–H groups in total. The maximum atomic E-state index is 14.2. The van der Waals surface area contributed by atoms with Crippen molar-refractivity contribution in [2.45, 2.75) is 39.0 Å². The highest BCUT2D eigenvalue weighted by atomic mass is 32.1. The maximum absolute atomic E-state index is 14.2. The van der Waals surface area contributed by atoms with Crippen LogP contribution in [-0.4, -0.2) is 46.6 Å². The molecule has 1 saturated heterocycles.